The predicted octanol–water partition coefficient (Wildman–Crippen LogP) is 17.7. The van der Waals surface area contributed by atoms with Crippen molar-refractivity contribution in [3.05, 3.63) is 60.8 Å². The Labute approximate surface area is 438 Å². The molecule has 0 saturated heterocycles. The number of allylic oxidation sites excluding steroid dienone is 10. The zero-order valence-corrected chi connectivity index (χ0v) is 47.8. The summed E-state index contributed by atoms with van der Waals surface area (Å²) in [6.07, 6.45) is 67.4. The van der Waals surface area contributed by atoms with Crippen molar-refractivity contribution in [1.82, 2.24) is 0 Å². The van der Waals surface area contributed by atoms with Crippen LogP contribution in [0.5, 0.6) is 0 Å². The van der Waals surface area contributed by atoms with Crippen LogP contribution in [0.1, 0.15) is 264 Å². The van der Waals surface area contributed by atoms with Gasteiger partial charge in [-0.15, -0.1) is 0 Å². The zero-order chi connectivity index (χ0) is 52.0. The minimum Gasteiger partial charge on any atom is -0.756 e. The Bertz CT molecular complexity index is 1380. The van der Waals surface area contributed by atoms with E-state index in [0.29, 0.717) is 17.4 Å². The molecule has 0 aromatic rings. The Balaban J connectivity index is 3.87. The molecule has 2 unspecified atom stereocenters. The van der Waals surface area contributed by atoms with Gasteiger partial charge in [0.25, 0.3) is 7.82 Å². The third kappa shape index (κ3) is 56.9. The van der Waals surface area contributed by atoms with Crippen molar-refractivity contribution >= 4 is 19.8 Å². The molecular weight excluding hydrogens is 906 g/mol. The zero-order valence-electron chi connectivity index (χ0n) is 46.9. The van der Waals surface area contributed by atoms with E-state index >= 15 is 0 Å². The average Bonchev–Trinajstić information content (AvgIpc) is 3.33. The molecule has 71 heavy (non-hydrogen) atoms. The molecule has 0 radical (unpaired) electrons. The van der Waals surface area contributed by atoms with Crippen molar-refractivity contribution in [2.24, 2.45) is 0 Å². The van der Waals surface area contributed by atoms with Gasteiger partial charge in [-0.05, 0) is 70.6 Å². The topological polar surface area (TPSA) is 111 Å². The summed E-state index contributed by atoms with van der Waals surface area (Å²) in [4.78, 5) is 37.7. The summed E-state index contributed by atoms with van der Waals surface area (Å²) in [7, 11) is 1.17. The second kappa shape index (κ2) is 52.6. The van der Waals surface area contributed by atoms with Crippen LogP contribution < -0.4 is 4.89 Å². The standard InChI is InChI=1S/C61H112NO8P/c1-6-8-10-12-14-16-18-19-20-21-22-23-24-25-26-27-28-29-30-31-32-33-34-35-36-37-38-39-40-41-42-43-44-46-48-50-52-54-61(64)70-59(58-69-71(65,66)68-56-55-62(3,4)5)57-67-60(63)53-51-49-47-45-17-15-13-11-9-7-2/h8,10-11,13-14,16,19-20,22-23,59H,6-7,9,12,15,17-18,21,24-58H2,1-5H3/b10-8-,13-11-,16-14-,20-19-,23-22-. The molecule has 10 heteroatoms. The SMILES string of the molecule is CC/C=C\C/C=C\C/C=C\C/C=C\CCCCCCCCCCCCCCCCCCCCCCCCCCC(=O)OC(COC(=O)CCCCCCC/C=C\CCC)COP(=O)([O-])OCC[N+](C)(C)C. The lowest BCUT2D eigenvalue weighted by molar-refractivity contribution is -0.870. The summed E-state index contributed by atoms with van der Waals surface area (Å²) in [5.74, 6) is -0.838. The number of hydrogen-bond donors (Lipinski definition) is 0. The van der Waals surface area contributed by atoms with Crippen LogP contribution in [0.4, 0.5) is 0 Å². The van der Waals surface area contributed by atoms with Gasteiger partial charge >= 0.3 is 11.9 Å². The number of ether oxygens (including phenoxy) is 2. The molecule has 0 aromatic heterocycles. The molecule has 0 heterocycles. The number of nitrogens with zero attached hydrogens (tertiary/aromatic N) is 1. The van der Waals surface area contributed by atoms with Crippen molar-refractivity contribution in [2.45, 2.75) is 270 Å². The van der Waals surface area contributed by atoms with E-state index in [2.05, 4.69) is 74.6 Å². The Kier molecular flexibility index (Phi) is 50.9. The monoisotopic (exact) mass is 1020 g/mol. The third-order valence-electron chi connectivity index (χ3n) is 12.8. The van der Waals surface area contributed by atoms with Crippen LogP contribution in [-0.2, 0) is 32.7 Å². The van der Waals surface area contributed by atoms with Gasteiger partial charge in [-0.3, -0.25) is 14.2 Å². The molecule has 0 aliphatic rings. The maximum atomic E-state index is 12.8. The second-order valence-corrected chi connectivity index (χ2v) is 22.4. The maximum absolute atomic E-state index is 12.8. The van der Waals surface area contributed by atoms with Gasteiger partial charge in [0.1, 0.15) is 19.8 Å². The highest BCUT2D eigenvalue weighted by Gasteiger charge is 2.22. The minimum atomic E-state index is -4.63. The highest BCUT2D eigenvalue weighted by atomic mass is 31.2. The van der Waals surface area contributed by atoms with Crippen LogP contribution in [-0.4, -0.2) is 70.0 Å². The van der Waals surface area contributed by atoms with E-state index in [4.69, 9.17) is 18.5 Å². The van der Waals surface area contributed by atoms with Gasteiger partial charge in [0.05, 0.1) is 27.7 Å². The second-order valence-electron chi connectivity index (χ2n) is 21.0. The van der Waals surface area contributed by atoms with Crippen molar-refractivity contribution < 1.29 is 42.1 Å². The lowest BCUT2D eigenvalue weighted by atomic mass is 10.0. The first-order valence-corrected chi connectivity index (χ1v) is 31.0. The van der Waals surface area contributed by atoms with Crippen LogP contribution in [0.2, 0.25) is 0 Å². The Hall–Kier alpha value is -2.29. The van der Waals surface area contributed by atoms with E-state index < -0.39 is 32.5 Å². The molecule has 0 amide bonds. The highest BCUT2D eigenvalue weighted by Crippen LogP contribution is 2.38. The summed E-state index contributed by atoms with van der Waals surface area (Å²) < 4.78 is 34.0. The van der Waals surface area contributed by atoms with E-state index in [-0.39, 0.29) is 26.1 Å². The number of quaternary nitrogens is 1. The lowest BCUT2D eigenvalue weighted by Gasteiger charge is -2.28. The number of unbranched alkanes of at least 4 members (excludes halogenated alkanes) is 30. The van der Waals surface area contributed by atoms with Crippen molar-refractivity contribution in [3.8, 4) is 0 Å². The molecule has 0 saturated carbocycles. The summed E-state index contributed by atoms with van der Waals surface area (Å²) in [5.41, 5.74) is 0. The molecule has 0 bridgehead atoms. The smallest absolute Gasteiger partial charge is 0.306 e. The number of esters is 2. The molecule has 0 fully saturated rings. The van der Waals surface area contributed by atoms with Crippen LogP contribution in [0.3, 0.4) is 0 Å². The molecule has 0 spiro atoms. The number of phosphoric acid groups is 1. The van der Waals surface area contributed by atoms with E-state index in [0.717, 1.165) is 83.5 Å². The normalized spacial score (nSPS) is 13.7. The number of likely N-dealkylation sites (N-methyl/N-ethyl adjacent to an activating group) is 1. The van der Waals surface area contributed by atoms with Gasteiger partial charge in [0, 0.05) is 12.8 Å². The Morgan fingerprint density at radius 2 is 0.803 bits per heavy atom. The lowest BCUT2D eigenvalue weighted by Crippen LogP contribution is -2.37. The predicted molar refractivity (Wildman–Crippen MR) is 300 cm³/mol. The van der Waals surface area contributed by atoms with Gasteiger partial charge in [-0.1, -0.05) is 242 Å². The van der Waals surface area contributed by atoms with E-state index in [1.165, 1.54) is 148 Å². The van der Waals surface area contributed by atoms with Crippen molar-refractivity contribution in [1.29, 1.82) is 0 Å². The van der Waals surface area contributed by atoms with Crippen LogP contribution in [0, 0.1) is 0 Å². The summed E-state index contributed by atoms with van der Waals surface area (Å²) in [5, 5.41) is 0. The number of phosphoric ester groups is 1. The van der Waals surface area contributed by atoms with Crippen LogP contribution in [0.25, 0.3) is 0 Å². The first-order valence-electron chi connectivity index (χ1n) is 29.5. The number of rotatable bonds is 54. The van der Waals surface area contributed by atoms with E-state index in [9.17, 15) is 19.0 Å². The molecule has 0 aromatic carbocycles. The van der Waals surface area contributed by atoms with Crippen molar-refractivity contribution in [3.63, 3.8) is 0 Å². The molecule has 0 aliphatic carbocycles. The third-order valence-corrected chi connectivity index (χ3v) is 13.7. The van der Waals surface area contributed by atoms with Gasteiger partial charge in [-0.2, -0.15) is 0 Å². The fourth-order valence-corrected chi connectivity index (χ4v) is 8.97. The quantitative estimate of drug-likeness (QED) is 0.0195. The van der Waals surface area contributed by atoms with Crippen LogP contribution in [0.15, 0.2) is 60.8 Å². The number of carbonyl (C=O) groups is 2. The Morgan fingerprint density at radius 1 is 0.451 bits per heavy atom. The maximum Gasteiger partial charge on any atom is 0.306 e. The fourth-order valence-electron chi connectivity index (χ4n) is 8.24. The Morgan fingerprint density at radius 3 is 1.21 bits per heavy atom. The fraction of sp³-hybridized carbons (Fsp3) is 0.803. The summed E-state index contributed by atoms with van der Waals surface area (Å²) >= 11 is 0. The summed E-state index contributed by atoms with van der Waals surface area (Å²) in [6.45, 7) is 4.07. The van der Waals surface area contributed by atoms with E-state index in [1.807, 2.05) is 21.1 Å². The highest BCUT2D eigenvalue weighted by molar-refractivity contribution is 7.45. The molecule has 0 aliphatic heterocycles. The molecule has 0 N–H and O–H groups in total. The first-order chi connectivity index (χ1) is 34.5. The minimum absolute atomic E-state index is 0.0313. The number of hydrogen-bond acceptors (Lipinski definition) is 8. The average molecular weight is 1020 g/mol. The van der Waals surface area contributed by atoms with Gasteiger partial charge < -0.3 is 27.9 Å². The van der Waals surface area contributed by atoms with Crippen molar-refractivity contribution in [2.75, 3.05) is 47.5 Å². The first kappa shape index (κ1) is 68.7. The largest absolute Gasteiger partial charge is 0.756 e. The van der Waals surface area contributed by atoms with Gasteiger partial charge in [-0.25, -0.2) is 0 Å². The molecule has 414 valence electrons. The molecule has 2 atom stereocenters. The number of carbonyl (C=O) groups excluding carboxylic acids is 2. The van der Waals surface area contributed by atoms with Gasteiger partial charge in [0.15, 0.2) is 6.10 Å². The van der Waals surface area contributed by atoms with Crippen LogP contribution >= 0.6 is 7.82 Å². The molecular formula is C61H112NO8P. The summed E-state index contributed by atoms with van der Waals surface area (Å²) in [6, 6.07) is 0. The molecule has 0 rings (SSSR count). The molecule has 9 nitrogen and oxygen atoms in total. The van der Waals surface area contributed by atoms with E-state index in [1.54, 1.807) is 0 Å². The van der Waals surface area contributed by atoms with Gasteiger partial charge in [0.2, 0.25) is 0 Å².